The smallest absolute Gasteiger partial charge is 0.354 e. The van der Waals surface area contributed by atoms with Crippen molar-refractivity contribution < 1.29 is 14.4 Å². The summed E-state index contributed by atoms with van der Waals surface area (Å²) in [5.41, 5.74) is 0.548. The molecule has 0 amide bonds. The van der Waals surface area contributed by atoms with Crippen LogP contribution < -0.4 is 5.32 Å². The van der Waals surface area contributed by atoms with E-state index in [-0.39, 0.29) is 11.6 Å². The highest BCUT2D eigenvalue weighted by Gasteiger charge is 2.09. The molecule has 2 heterocycles. The Bertz CT molecular complexity index is 596. The maximum Gasteiger partial charge on any atom is 0.354 e. The molecule has 0 atom stereocenters. The molecule has 8 heteroatoms. The third kappa shape index (κ3) is 3.47. The predicted octanol–water partition coefficient (Wildman–Crippen LogP) is 0.829. The van der Waals surface area contributed by atoms with Crippen LogP contribution in [0.3, 0.4) is 0 Å². The van der Waals surface area contributed by atoms with Crippen LogP contribution in [-0.2, 0) is 6.42 Å². The van der Waals surface area contributed by atoms with Gasteiger partial charge in [-0.2, -0.15) is 4.98 Å². The van der Waals surface area contributed by atoms with Gasteiger partial charge in [0.15, 0.2) is 11.5 Å². The van der Waals surface area contributed by atoms with Gasteiger partial charge in [0.05, 0.1) is 0 Å². The molecule has 0 fully saturated rings. The van der Waals surface area contributed by atoms with Crippen LogP contribution in [0.4, 0.5) is 5.95 Å². The second kappa shape index (κ2) is 5.42. The van der Waals surface area contributed by atoms with Gasteiger partial charge in [0.1, 0.15) is 0 Å². The topological polar surface area (TPSA) is 114 Å². The summed E-state index contributed by atoms with van der Waals surface area (Å²) in [6, 6.07) is 1.41. The third-order valence-corrected chi connectivity index (χ3v) is 2.26. The molecule has 100 valence electrons. The number of aromatic carboxylic acids is 1. The minimum Gasteiger partial charge on any atom is -0.477 e. The standard InChI is InChI=1S/C11H13N5O3/c1-6-5-8(10(17)18)15-11(13-6)12-4-3-9-14-7(2)16-19-9/h5H,3-4H2,1-2H3,(H,17,18)(H,12,13,15). The van der Waals surface area contributed by atoms with Crippen LogP contribution in [0.15, 0.2) is 10.6 Å². The van der Waals surface area contributed by atoms with Crippen molar-refractivity contribution in [3.8, 4) is 0 Å². The summed E-state index contributed by atoms with van der Waals surface area (Å²) in [6.45, 7) is 3.92. The number of hydrogen-bond acceptors (Lipinski definition) is 7. The van der Waals surface area contributed by atoms with Gasteiger partial charge in [0.25, 0.3) is 0 Å². The van der Waals surface area contributed by atoms with Gasteiger partial charge in [0.2, 0.25) is 11.8 Å². The van der Waals surface area contributed by atoms with Gasteiger partial charge >= 0.3 is 5.97 Å². The molecule has 2 aromatic heterocycles. The van der Waals surface area contributed by atoms with Gasteiger partial charge < -0.3 is 14.9 Å². The molecule has 0 aromatic carbocycles. The SMILES string of the molecule is Cc1cc(C(=O)O)nc(NCCc2nc(C)no2)n1. The minimum absolute atomic E-state index is 0.0383. The minimum atomic E-state index is -1.08. The Balaban J connectivity index is 1.97. The van der Waals surface area contributed by atoms with Crippen molar-refractivity contribution in [3.63, 3.8) is 0 Å². The highest BCUT2D eigenvalue weighted by atomic mass is 16.5. The average Bonchev–Trinajstić information content (AvgIpc) is 2.74. The maximum absolute atomic E-state index is 10.9. The molecule has 19 heavy (non-hydrogen) atoms. The van der Waals surface area contributed by atoms with E-state index >= 15 is 0 Å². The van der Waals surface area contributed by atoms with Crippen LogP contribution in [0.5, 0.6) is 0 Å². The number of aryl methyl sites for hydroxylation is 2. The number of rotatable bonds is 5. The van der Waals surface area contributed by atoms with Crippen molar-refractivity contribution in [2.24, 2.45) is 0 Å². The lowest BCUT2D eigenvalue weighted by Gasteiger charge is -2.04. The van der Waals surface area contributed by atoms with Crippen LogP contribution in [0.1, 0.15) is 27.9 Å². The zero-order chi connectivity index (χ0) is 13.8. The first-order chi connectivity index (χ1) is 9.04. The average molecular weight is 263 g/mol. The van der Waals surface area contributed by atoms with Gasteiger partial charge in [-0.3, -0.25) is 0 Å². The summed E-state index contributed by atoms with van der Waals surface area (Å²) in [4.78, 5) is 22.9. The highest BCUT2D eigenvalue weighted by molar-refractivity contribution is 5.85. The van der Waals surface area contributed by atoms with Crippen molar-refractivity contribution in [1.29, 1.82) is 0 Å². The molecule has 0 saturated heterocycles. The first-order valence-corrected chi connectivity index (χ1v) is 5.66. The maximum atomic E-state index is 10.9. The molecule has 0 aliphatic rings. The number of carbonyl (C=O) groups is 1. The molecule has 8 nitrogen and oxygen atoms in total. The third-order valence-electron chi connectivity index (χ3n) is 2.26. The fourth-order valence-electron chi connectivity index (χ4n) is 1.48. The molecular weight excluding hydrogens is 250 g/mol. The molecule has 0 spiro atoms. The van der Waals surface area contributed by atoms with E-state index in [0.29, 0.717) is 30.4 Å². The molecule has 2 aromatic rings. The predicted molar refractivity (Wildman–Crippen MR) is 65.0 cm³/mol. The number of nitrogens with zero attached hydrogens (tertiary/aromatic N) is 4. The van der Waals surface area contributed by atoms with Gasteiger partial charge in [-0.25, -0.2) is 14.8 Å². The molecule has 0 aliphatic heterocycles. The van der Waals surface area contributed by atoms with Crippen molar-refractivity contribution in [2.75, 3.05) is 11.9 Å². The lowest BCUT2D eigenvalue weighted by molar-refractivity contribution is 0.0690. The Hall–Kier alpha value is -2.51. The zero-order valence-electron chi connectivity index (χ0n) is 10.5. The van der Waals surface area contributed by atoms with Crippen molar-refractivity contribution >= 4 is 11.9 Å². The number of carboxylic acids is 1. The Morgan fingerprint density at radius 3 is 2.79 bits per heavy atom. The Morgan fingerprint density at radius 2 is 2.16 bits per heavy atom. The van der Waals surface area contributed by atoms with Crippen molar-refractivity contribution in [2.45, 2.75) is 20.3 Å². The van der Waals surface area contributed by atoms with E-state index in [1.165, 1.54) is 6.07 Å². The molecule has 0 radical (unpaired) electrons. The summed E-state index contributed by atoms with van der Waals surface area (Å²) >= 11 is 0. The number of nitrogens with one attached hydrogen (secondary N) is 1. The summed E-state index contributed by atoms with van der Waals surface area (Å²) in [5, 5.41) is 15.5. The molecule has 0 saturated carbocycles. The summed E-state index contributed by atoms with van der Waals surface area (Å²) < 4.78 is 4.95. The number of anilines is 1. The summed E-state index contributed by atoms with van der Waals surface area (Å²) in [6.07, 6.45) is 0.514. The Kier molecular flexibility index (Phi) is 3.69. The van der Waals surface area contributed by atoms with Crippen LogP contribution in [0, 0.1) is 13.8 Å². The molecule has 0 unspecified atom stereocenters. The van der Waals surface area contributed by atoms with Crippen molar-refractivity contribution in [1.82, 2.24) is 20.1 Å². The molecule has 0 aliphatic carbocycles. The Morgan fingerprint density at radius 1 is 1.37 bits per heavy atom. The van der Waals surface area contributed by atoms with Crippen LogP contribution >= 0.6 is 0 Å². The Labute approximate surface area is 108 Å². The monoisotopic (exact) mass is 263 g/mol. The van der Waals surface area contributed by atoms with E-state index < -0.39 is 5.97 Å². The lowest BCUT2D eigenvalue weighted by Crippen LogP contribution is -2.11. The van der Waals surface area contributed by atoms with Gasteiger partial charge in [-0.1, -0.05) is 5.16 Å². The van der Waals surface area contributed by atoms with E-state index in [9.17, 15) is 4.79 Å². The number of hydrogen-bond donors (Lipinski definition) is 2. The first kappa shape index (κ1) is 12.9. The zero-order valence-corrected chi connectivity index (χ0v) is 10.5. The van der Waals surface area contributed by atoms with Crippen molar-refractivity contribution in [3.05, 3.63) is 29.2 Å². The first-order valence-electron chi connectivity index (χ1n) is 5.66. The van der Waals surface area contributed by atoms with E-state index in [4.69, 9.17) is 9.63 Å². The fourth-order valence-corrected chi connectivity index (χ4v) is 1.48. The van der Waals surface area contributed by atoms with E-state index in [2.05, 4.69) is 25.4 Å². The van der Waals surface area contributed by atoms with Gasteiger partial charge in [-0.15, -0.1) is 0 Å². The van der Waals surface area contributed by atoms with E-state index in [1.807, 2.05) is 0 Å². The lowest BCUT2D eigenvalue weighted by atomic mass is 10.3. The molecular formula is C11H13N5O3. The largest absolute Gasteiger partial charge is 0.477 e. The second-order valence-electron chi connectivity index (χ2n) is 3.94. The van der Waals surface area contributed by atoms with Crippen LogP contribution in [0.25, 0.3) is 0 Å². The van der Waals surface area contributed by atoms with E-state index in [0.717, 1.165) is 0 Å². The van der Waals surface area contributed by atoms with Crippen LogP contribution in [-0.4, -0.2) is 37.7 Å². The molecule has 2 N–H and O–H groups in total. The number of carboxylic acid groups (broad SMARTS) is 1. The normalized spacial score (nSPS) is 10.4. The van der Waals surface area contributed by atoms with Gasteiger partial charge in [-0.05, 0) is 19.9 Å². The highest BCUT2D eigenvalue weighted by Crippen LogP contribution is 2.05. The van der Waals surface area contributed by atoms with Gasteiger partial charge in [0, 0.05) is 18.7 Å². The second-order valence-corrected chi connectivity index (χ2v) is 3.94. The van der Waals surface area contributed by atoms with Crippen LogP contribution in [0.2, 0.25) is 0 Å². The summed E-state index contributed by atoms with van der Waals surface area (Å²) in [7, 11) is 0. The number of aromatic nitrogens is 4. The molecule has 0 bridgehead atoms. The molecule has 2 rings (SSSR count). The quantitative estimate of drug-likeness (QED) is 0.815. The fraction of sp³-hybridized carbons (Fsp3) is 0.364. The van der Waals surface area contributed by atoms with E-state index in [1.54, 1.807) is 13.8 Å². The summed E-state index contributed by atoms with van der Waals surface area (Å²) in [5.74, 6) is 0.279.